The van der Waals surface area contributed by atoms with Crippen molar-refractivity contribution in [2.24, 2.45) is 0 Å². The van der Waals surface area contributed by atoms with Gasteiger partial charge in [-0.2, -0.15) is 5.26 Å². The van der Waals surface area contributed by atoms with Crippen LogP contribution < -0.4 is 9.80 Å². The van der Waals surface area contributed by atoms with Gasteiger partial charge in [-0.15, -0.1) is 0 Å². The van der Waals surface area contributed by atoms with Crippen molar-refractivity contribution in [3.05, 3.63) is 64.3 Å². The SMILES string of the molecule is CC(C)(C)OC(=O)N1C2CCC1CN(c1nc(Cl)c(C#N)c3c1CCN(c1cccc4ccccc14)C3)C2. The molecular weight excluding hydrogens is 498 g/mol. The molecule has 3 aliphatic rings. The smallest absolute Gasteiger partial charge is 0.410 e. The fourth-order valence-electron chi connectivity index (χ4n) is 6.33. The summed E-state index contributed by atoms with van der Waals surface area (Å²) in [5.74, 6) is 0.863. The number of nitrogens with zero attached hydrogens (tertiary/aromatic N) is 5. The molecule has 4 heterocycles. The van der Waals surface area contributed by atoms with E-state index in [-0.39, 0.29) is 23.3 Å². The van der Waals surface area contributed by atoms with Crippen molar-refractivity contribution in [2.45, 2.75) is 64.3 Å². The van der Waals surface area contributed by atoms with Crippen LogP contribution in [0.15, 0.2) is 42.5 Å². The number of amides is 1. The van der Waals surface area contributed by atoms with Crippen LogP contribution in [0.5, 0.6) is 0 Å². The number of piperazine rings is 1. The van der Waals surface area contributed by atoms with Gasteiger partial charge in [-0.1, -0.05) is 48.0 Å². The molecule has 7 nitrogen and oxygen atoms in total. The Morgan fingerprint density at radius 2 is 1.76 bits per heavy atom. The molecule has 2 unspecified atom stereocenters. The Morgan fingerprint density at radius 3 is 2.47 bits per heavy atom. The first-order valence-corrected chi connectivity index (χ1v) is 13.7. The predicted octanol–water partition coefficient (Wildman–Crippen LogP) is 5.91. The van der Waals surface area contributed by atoms with Crippen molar-refractivity contribution < 1.29 is 9.53 Å². The van der Waals surface area contributed by atoms with Gasteiger partial charge in [0.1, 0.15) is 22.6 Å². The number of fused-ring (bicyclic) bond motifs is 4. The fourth-order valence-corrected chi connectivity index (χ4v) is 6.57. The number of carbonyl (C=O) groups is 1. The van der Waals surface area contributed by atoms with E-state index < -0.39 is 5.60 Å². The second kappa shape index (κ2) is 9.36. The Balaban J connectivity index is 1.32. The summed E-state index contributed by atoms with van der Waals surface area (Å²) in [4.78, 5) is 24.3. The molecule has 0 saturated carbocycles. The topological polar surface area (TPSA) is 72.7 Å². The molecule has 3 aromatic rings. The van der Waals surface area contributed by atoms with E-state index in [4.69, 9.17) is 21.3 Å². The van der Waals surface area contributed by atoms with E-state index >= 15 is 0 Å². The zero-order valence-corrected chi connectivity index (χ0v) is 22.8. The second-order valence-electron chi connectivity index (χ2n) is 11.5. The molecule has 38 heavy (non-hydrogen) atoms. The van der Waals surface area contributed by atoms with Gasteiger partial charge in [0.15, 0.2) is 0 Å². The van der Waals surface area contributed by atoms with Crippen molar-refractivity contribution in [3.8, 4) is 6.07 Å². The van der Waals surface area contributed by atoms with Gasteiger partial charge in [-0.25, -0.2) is 9.78 Å². The summed E-state index contributed by atoms with van der Waals surface area (Å²) in [6, 6.07) is 17.2. The highest BCUT2D eigenvalue weighted by molar-refractivity contribution is 6.30. The molecule has 3 aliphatic heterocycles. The van der Waals surface area contributed by atoms with Crippen LogP contribution in [0.4, 0.5) is 16.3 Å². The van der Waals surface area contributed by atoms with Gasteiger partial charge in [0, 0.05) is 42.8 Å². The highest BCUT2D eigenvalue weighted by Gasteiger charge is 2.45. The molecule has 2 saturated heterocycles. The third-order valence-corrected chi connectivity index (χ3v) is 8.21. The highest BCUT2D eigenvalue weighted by atomic mass is 35.5. The average Bonchev–Trinajstić information content (AvgIpc) is 3.16. The van der Waals surface area contributed by atoms with Gasteiger partial charge in [0.2, 0.25) is 0 Å². The van der Waals surface area contributed by atoms with E-state index in [2.05, 4.69) is 58.3 Å². The van der Waals surface area contributed by atoms with E-state index in [1.54, 1.807) is 0 Å². The number of pyridine rings is 1. The van der Waals surface area contributed by atoms with Crippen LogP contribution in [0.3, 0.4) is 0 Å². The fraction of sp³-hybridized carbons (Fsp3) is 0.433. The first-order valence-electron chi connectivity index (χ1n) is 13.3. The van der Waals surface area contributed by atoms with Crippen molar-refractivity contribution >= 4 is 40.0 Å². The summed E-state index contributed by atoms with van der Waals surface area (Å²) in [7, 11) is 0. The number of aromatic nitrogens is 1. The Morgan fingerprint density at radius 1 is 1.05 bits per heavy atom. The lowest BCUT2D eigenvalue weighted by Gasteiger charge is -2.43. The van der Waals surface area contributed by atoms with E-state index in [1.807, 2.05) is 25.7 Å². The minimum atomic E-state index is -0.523. The summed E-state index contributed by atoms with van der Waals surface area (Å²) in [6.45, 7) is 8.51. The third-order valence-electron chi connectivity index (χ3n) is 7.93. The molecule has 1 aromatic heterocycles. The largest absolute Gasteiger partial charge is 0.444 e. The molecule has 2 bridgehead atoms. The minimum Gasteiger partial charge on any atom is -0.444 e. The van der Waals surface area contributed by atoms with Crippen LogP contribution in [-0.2, 0) is 17.7 Å². The van der Waals surface area contributed by atoms with Crippen molar-refractivity contribution in [2.75, 3.05) is 29.4 Å². The normalized spacial score (nSPS) is 20.9. The monoisotopic (exact) mass is 529 g/mol. The average molecular weight is 530 g/mol. The maximum absolute atomic E-state index is 13.0. The molecule has 2 aromatic carbocycles. The lowest BCUT2D eigenvalue weighted by molar-refractivity contribution is 0.0122. The summed E-state index contributed by atoms with van der Waals surface area (Å²) in [6.07, 6.45) is 2.43. The van der Waals surface area contributed by atoms with Crippen molar-refractivity contribution in [3.63, 3.8) is 0 Å². The van der Waals surface area contributed by atoms with E-state index in [9.17, 15) is 10.1 Å². The number of hydrogen-bond donors (Lipinski definition) is 0. The van der Waals surface area contributed by atoms with Gasteiger partial charge in [-0.3, -0.25) is 4.90 Å². The molecule has 1 amide bonds. The van der Waals surface area contributed by atoms with Crippen LogP contribution in [0.25, 0.3) is 10.8 Å². The zero-order chi connectivity index (χ0) is 26.6. The van der Waals surface area contributed by atoms with E-state index in [0.717, 1.165) is 48.4 Å². The van der Waals surface area contributed by atoms with Gasteiger partial charge in [0.25, 0.3) is 0 Å². The number of rotatable bonds is 2. The first kappa shape index (κ1) is 24.8. The predicted molar refractivity (Wildman–Crippen MR) is 150 cm³/mol. The van der Waals surface area contributed by atoms with Crippen molar-refractivity contribution in [1.29, 1.82) is 5.26 Å². The molecule has 8 heteroatoms. The molecule has 196 valence electrons. The Kier molecular flexibility index (Phi) is 6.11. The summed E-state index contributed by atoms with van der Waals surface area (Å²) in [5, 5.41) is 12.7. The van der Waals surface area contributed by atoms with E-state index in [0.29, 0.717) is 25.2 Å². The van der Waals surface area contributed by atoms with Gasteiger partial charge >= 0.3 is 6.09 Å². The number of halogens is 1. The maximum Gasteiger partial charge on any atom is 0.410 e. The molecule has 2 atom stereocenters. The number of benzene rings is 2. The van der Waals surface area contributed by atoms with Crippen LogP contribution in [0.2, 0.25) is 5.15 Å². The lowest BCUT2D eigenvalue weighted by Crippen LogP contribution is -2.57. The number of anilines is 2. The van der Waals surface area contributed by atoms with Crippen LogP contribution >= 0.6 is 11.6 Å². The van der Waals surface area contributed by atoms with Gasteiger partial charge < -0.3 is 14.5 Å². The van der Waals surface area contributed by atoms with Gasteiger partial charge in [-0.05, 0) is 57.0 Å². The number of nitriles is 1. The molecule has 0 radical (unpaired) electrons. The van der Waals surface area contributed by atoms with Crippen LogP contribution in [-0.4, -0.2) is 53.3 Å². The number of carbonyl (C=O) groups excluding carboxylic acids is 1. The summed E-state index contributed by atoms with van der Waals surface area (Å²) < 4.78 is 5.71. The quantitative estimate of drug-likeness (QED) is 0.384. The Hall–Kier alpha value is -3.50. The number of hydrogen-bond acceptors (Lipinski definition) is 6. The van der Waals surface area contributed by atoms with Crippen LogP contribution in [0, 0.1) is 11.3 Å². The lowest BCUT2D eigenvalue weighted by atomic mass is 9.95. The molecule has 6 rings (SSSR count). The third kappa shape index (κ3) is 4.31. The standard InChI is InChI=1S/C30H32ClN5O2/c1-30(2,3)38-29(37)36-20-11-12-21(36)17-35(16-20)28-23-13-14-34(18-25(23)24(15-32)27(31)33-28)26-10-6-8-19-7-4-5-9-22(19)26/h4-10,20-21H,11-14,16-18H2,1-3H3. The Labute approximate surface area is 228 Å². The molecular formula is C30H32ClN5O2. The van der Waals surface area contributed by atoms with Crippen LogP contribution in [0.1, 0.15) is 50.3 Å². The Bertz CT molecular complexity index is 1440. The maximum atomic E-state index is 13.0. The summed E-state index contributed by atoms with van der Waals surface area (Å²) >= 11 is 6.65. The zero-order valence-electron chi connectivity index (χ0n) is 22.1. The molecule has 2 fully saturated rings. The first-order chi connectivity index (χ1) is 18.2. The molecule has 0 spiro atoms. The van der Waals surface area contributed by atoms with Gasteiger partial charge in [0.05, 0.1) is 17.6 Å². The van der Waals surface area contributed by atoms with E-state index in [1.165, 1.54) is 10.8 Å². The highest BCUT2D eigenvalue weighted by Crippen LogP contribution is 2.40. The summed E-state index contributed by atoms with van der Waals surface area (Å²) in [5.41, 5.74) is 3.17. The van der Waals surface area contributed by atoms with Crippen molar-refractivity contribution in [1.82, 2.24) is 9.88 Å². The second-order valence-corrected chi connectivity index (χ2v) is 11.9. The molecule has 0 N–H and O–H groups in total. The molecule has 0 aliphatic carbocycles. The minimum absolute atomic E-state index is 0.0752. The number of ether oxygens (including phenoxy) is 1.